The number of ether oxygens (including phenoxy) is 4. The van der Waals surface area contributed by atoms with Gasteiger partial charge in [0.15, 0.2) is 5.78 Å². The molecule has 0 bridgehead atoms. The molecule has 246 valence electrons. The summed E-state index contributed by atoms with van der Waals surface area (Å²) < 4.78 is 22.9. The highest BCUT2D eigenvalue weighted by molar-refractivity contribution is 6.01. The first-order valence-corrected chi connectivity index (χ1v) is 15.5. The Hall–Kier alpha value is -3.74. The number of benzene rings is 2. The van der Waals surface area contributed by atoms with Crippen molar-refractivity contribution in [1.82, 2.24) is 0 Å². The summed E-state index contributed by atoms with van der Waals surface area (Å²) in [4.78, 5) is 11.7. The smallest absolute Gasteiger partial charge is 0.163 e. The highest BCUT2D eigenvalue weighted by atomic mass is 16.5. The third-order valence-electron chi connectivity index (χ3n) is 8.31. The van der Waals surface area contributed by atoms with Crippen molar-refractivity contribution in [2.75, 3.05) is 27.4 Å². The van der Waals surface area contributed by atoms with E-state index in [2.05, 4.69) is 74.4 Å². The van der Waals surface area contributed by atoms with Crippen molar-refractivity contribution in [1.29, 1.82) is 0 Å². The fraction of sp³-hybridized carbons (Fsp3) is 0.526. The first-order chi connectivity index (χ1) is 20.7. The van der Waals surface area contributed by atoms with E-state index >= 15 is 0 Å². The number of hydrogen-bond acceptors (Lipinski definition) is 7. The number of carbonyl (C=O) groups excluding carboxylic acids is 1. The standard InChI is InChI=1S/C19H27NO3.C19H26O3/c1-12(20-21)14-9-8-13(10-15(14)22-7)16-17(18(2,3)4)19(5,6)11-23-16;1-12(20)14-9-8-13(10-15(14)21-7)16-17(18(2,3)4)19(5,6)11-22-16/h8-10,21H,11H2,1-7H3;8-10H,11H2,1-7H3/b20-12+;. The topological polar surface area (TPSA) is 86.6 Å². The van der Waals surface area contributed by atoms with E-state index in [1.165, 1.54) is 11.1 Å². The Morgan fingerprint density at radius 1 is 0.733 bits per heavy atom. The zero-order valence-corrected chi connectivity index (χ0v) is 29.8. The van der Waals surface area contributed by atoms with Gasteiger partial charge in [0.05, 0.1) is 38.7 Å². The number of methoxy groups -OCH3 is 2. The van der Waals surface area contributed by atoms with Gasteiger partial charge >= 0.3 is 0 Å². The highest BCUT2D eigenvalue weighted by Gasteiger charge is 2.42. The maximum absolute atomic E-state index is 11.7. The summed E-state index contributed by atoms with van der Waals surface area (Å²) in [6.07, 6.45) is 0. The molecular formula is C38H53NO6. The molecule has 2 heterocycles. The molecule has 0 radical (unpaired) electrons. The lowest BCUT2D eigenvalue weighted by atomic mass is 9.71. The number of nitrogens with zero attached hydrogens (tertiary/aromatic N) is 1. The van der Waals surface area contributed by atoms with Gasteiger partial charge in [-0.2, -0.15) is 0 Å². The molecule has 2 aromatic carbocycles. The van der Waals surface area contributed by atoms with Gasteiger partial charge in [-0.15, -0.1) is 0 Å². The second-order valence-corrected chi connectivity index (χ2v) is 15.3. The third kappa shape index (κ3) is 7.57. The molecule has 0 atom stereocenters. The molecule has 1 N–H and O–H groups in total. The van der Waals surface area contributed by atoms with Crippen LogP contribution >= 0.6 is 0 Å². The SMILES string of the molecule is COc1cc(C2=C(C(C)(C)C)C(C)(C)CO2)ccc1/C(C)=N/O.COc1cc(C2=C(C(C)(C)C)C(C)(C)CO2)ccc1C(C)=O. The maximum atomic E-state index is 11.7. The van der Waals surface area contributed by atoms with Gasteiger partial charge in [-0.1, -0.05) is 86.5 Å². The Labute approximate surface area is 270 Å². The van der Waals surface area contributed by atoms with E-state index in [-0.39, 0.29) is 27.4 Å². The van der Waals surface area contributed by atoms with E-state index in [0.29, 0.717) is 36.0 Å². The average Bonchev–Trinajstić information content (AvgIpc) is 3.46. The van der Waals surface area contributed by atoms with Gasteiger partial charge in [0.1, 0.15) is 23.0 Å². The molecule has 45 heavy (non-hydrogen) atoms. The molecule has 2 aliphatic rings. The Bertz CT molecular complexity index is 1530. The quantitative estimate of drug-likeness (QED) is 0.150. The first kappa shape index (κ1) is 35.7. The maximum Gasteiger partial charge on any atom is 0.163 e. The van der Waals surface area contributed by atoms with E-state index in [1.54, 1.807) is 28.1 Å². The molecule has 0 unspecified atom stereocenters. The van der Waals surface area contributed by atoms with E-state index in [9.17, 15) is 4.79 Å². The summed E-state index contributed by atoms with van der Waals surface area (Å²) in [6, 6.07) is 11.5. The van der Waals surface area contributed by atoms with Gasteiger partial charge in [0, 0.05) is 27.5 Å². The third-order valence-corrected chi connectivity index (χ3v) is 8.31. The zero-order valence-electron chi connectivity index (χ0n) is 29.8. The van der Waals surface area contributed by atoms with Crippen LogP contribution in [0.2, 0.25) is 0 Å². The second kappa shape index (κ2) is 12.9. The van der Waals surface area contributed by atoms with E-state index < -0.39 is 0 Å². The number of hydrogen-bond donors (Lipinski definition) is 1. The predicted molar refractivity (Wildman–Crippen MR) is 182 cm³/mol. The molecule has 4 rings (SSSR count). The van der Waals surface area contributed by atoms with Crippen molar-refractivity contribution in [2.24, 2.45) is 26.8 Å². The second-order valence-electron chi connectivity index (χ2n) is 15.3. The molecule has 7 heteroatoms. The Morgan fingerprint density at radius 2 is 1.11 bits per heavy atom. The van der Waals surface area contributed by atoms with Crippen molar-refractivity contribution < 1.29 is 28.9 Å². The van der Waals surface area contributed by atoms with Crippen LogP contribution in [0.15, 0.2) is 52.7 Å². The van der Waals surface area contributed by atoms with Crippen LogP contribution in [0, 0.1) is 21.7 Å². The van der Waals surface area contributed by atoms with Crippen LogP contribution in [0.3, 0.4) is 0 Å². The van der Waals surface area contributed by atoms with Crippen LogP contribution in [0.4, 0.5) is 0 Å². The number of oxime groups is 1. The number of rotatable bonds is 6. The number of ketones is 1. The van der Waals surface area contributed by atoms with Crippen molar-refractivity contribution in [3.05, 3.63) is 69.8 Å². The number of Topliss-reactive ketones (excluding diaryl/α,β-unsaturated/α-hetero) is 1. The van der Waals surface area contributed by atoms with E-state index in [0.717, 1.165) is 28.2 Å². The average molecular weight is 620 g/mol. The Kier molecular flexibility index (Phi) is 10.3. The zero-order chi connectivity index (χ0) is 34.1. The van der Waals surface area contributed by atoms with Crippen molar-refractivity contribution >= 4 is 23.0 Å². The molecule has 0 saturated carbocycles. The fourth-order valence-corrected chi connectivity index (χ4v) is 6.88. The number of carbonyl (C=O) groups is 1. The van der Waals surface area contributed by atoms with Crippen LogP contribution in [-0.2, 0) is 9.47 Å². The molecule has 0 fully saturated rings. The van der Waals surface area contributed by atoms with E-state index in [4.69, 9.17) is 24.2 Å². The minimum absolute atomic E-state index is 0.0000651. The largest absolute Gasteiger partial charge is 0.496 e. The summed E-state index contributed by atoms with van der Waals surface area (Å²) >= 11 is 0. The normalized spacial score (nSPS) is 17.8. The summed E-state index contributed by atoms with van der Waals surface area (Å²) in [7, 11) is 3.20. The molecular weight excluding hydrogens is 566 g/mol. The lowest BCUT2D eigenvalue weighted by molar-refractivity contribution is 0.101. The van der Waals surface area contributed by atoms with Crippen LogP contribution in [0.25, 0.3) is 11.5 Å². The lowest BCUT2D eigenvalue weighted by Crippen LogP contribution is -2.24. The Balaban J connectivity index is 0.000000246. The molecule has 0 aliphatic carbocycles. The summed E-state index contributed by atoms with van der Waals surface area (Å²) in [6.45, 7) is 26.8. The van der Waals surface area contributed by atoms with Gasteiger partial charge in [0.2, 0.25) is 0 Å². The summed E-state index contributed by atoms with van der Waals surface area (Å²) in [5.41, 5.74) is 6.50. The molecule has 0 aromatic heterocycles. The van der Waals surface area contributed by atoms with Crippen LogP contribution in [-0.4, -0.2) is 44.1 Å². The van der Waals surface area contributed by atoms with Crippen LogP contribution in [0.5, 0.6) is 11.5 Å². The van der Waals surface area contributed by atoms with Crippen molar-refractivity contribution in [3.8, 4) is 11.5 Å². The minimum atomic E-state index is 0.0000651. The van der Waals surface area contributed by atoms with Crippen LogP contribution in [0.1, 0.15) is 110 Å². The van der Waals surface area contributed by atoms with Gasteiger partial charge in [-0.25, -0.2) is 0 Å². The molecule has 7 nitrogen and oxygen atoms in total. The molecule has 2 aromatic rings. The fourth-order valence-electron chi connectivity index (χ4n) is 6.88. The minimum Gasteiger partial charge on any atom is -0.496 e. The van der Waals surface area contributed by atoms with E-state index in [1.807, 2.05) is 36.4 Å². The monoisotopic (exact) mass is 619 g/mol. The van der Waals surface area contributed by atoms with Crippen molar-refractivity contribution in [2.45, 2.75) is 83.1 Å². The highest BCUT2D eigenvalue weighted by Crippen LogP contribution is 2.51. The van der Waals surface area contributed by atoms with Crippen molar-refractivity contribution in [3.63, 3.8) is 0 Å². The summed E-state index contributed by atoms with van der Waals surface area (Å²) in [5.74, 6) is 3.13. The molecule has 0 saturated heterocycles. The van der Waals surface area contributed by atoms with Gasteiger partial charge in [-0.05, 0) is 60.1 Å². The molecule has 0 spiro atoms. The lowest BCUT2D eigenvalue weighted by Gasteiger charge is -2.31. The van der Waals surface area contributed by atoms with Crippen LogP contribution < -0.4 is 9.47 Å². The summed E-state index contributed by atoms with van der Waals surface area (Å²) in [5, 5.41) is 12.3. The first-order valence-electron chi connectivity index (χ1n) is 15.5. The predicted octanol–water partition coefficient (Wildman–Crippen LogP) is 9.42. The van der Waals surface area contributed by atoms with Gasteiger partial charge in [0.25, 0.3) is 0 Å². The molecule has 2 aliphatic heterocycles. The Morgan fingerprint density at radius 3 is 1.44 bits per heavy atom. The van der Waals surface area contributed by atoms with Gasteiger partial charge in [-0.3, -0.25) is 4.79 Å². The van der Waals surface area contributed by atoms with Gasteiger partial charge < -0.3 is 24.2 Å². The molecule has 0 amide bonds.